The Balaban J connectivity index is 2.22. The summed E-state index contributed by atoms with van der Waals surface area (Å²) in [4.78, 5) is 22.6. The molecule has 1 N–H and O–H groups in total. The minimum atomic E-state index is -0.875. The summed E-state index contributed by atoms with van der Waals surface area (Å²) in [5, 5.41) is 8.88. The Morgan fingerprint density at radius 2 is 2.09 bits per heavy atom. The van der Waals surface area contributed by atoms with Gasteiger partial charge in [0.05, 0.1) is 0 Å². The van der Waals surface area contributed by atoms with Gasteiger partial charge < -0.3 is 9.90 Å². The van der Waals surface area contributed by atoms with E-state index in [-0.39, 0.29) is 10.8 Å². The fourth-order valence-electron chi connectivity index (χ4n) is 5.33. The molecule has 0 bridgehead atoms. The zero-order valence-electron chi connectivity index (χ0n) is 14.7. The molecule has 2 fully saturated rings. The van der Waals surface area contributed by atoms with Crippen LogP contribution in [0.4, 0.5) is 0 Å². The molecule has 2 aliphatic rings. The van der Waals surface area contributed by atoms with Gasteiger partial charge in [0.1, 0.15) is 6.29 Å². The summed E-state index contributed by atoms with van der Waals surface area (Å²) in [5.41, 5.74) is 2.11. The van der Waals surface area contributed by atoms with E-state index in [1.54, 1.807) is 0 Å². The van der Waals surface area contributed by atoms with Crippen molar-refractivity contribution < 1.29 is 14.7 Å². The summed E-state index contributed by atoms with van der Waals surface area (Å²) >= 11 is 0. The predicted octanol–water partition coefficient (Wildman–Crippen LogP) is 4.78. The molecular formula is C20H30O3. The molecule has 0 radical (unpaired) electrons. The minimum absolute atomic E-state index is 0.118. The summed E-state index contributed by atoms with van der Waals surface area (Å²) < 4.78 is 0. The third-order valence-electron chi connectivity index (χ3n) is 6.53. The van der Waals surface area contributed by atoms with Crippen molar-refractivity contribution in [3.63, 3.8) is 0 Å². The number of carboxylic acid groups (broad SMARTS) is 1. The van der Waals surface area contributed by atoms with Gasteiger partial charge >= 0.3 is 5.97 Å². The fraction of sp³-hybridized carbons (Fsp3) is 0.700. The third kappa shape index (κ3) is 3.44. The Labute approximate surface area is 139 Å². The van der Waals surface area contributed by atoms with Crippen molar-refractivity contribution in [3.05, 3.63) is 23.8 Å². The second kappa shape index (κ2) is 6.62. The Hall–Kier alpha value is -1.38. The zero-order chi connectivity index (χ0) is 17.3. The van der Waals surface area contributed by atoms with Crippen LogP contribution in [0.2, 0.25) is 0 Å². The first kappa shape index (κ1) is 18.0. The molecule has 0 amide bonds. The number of hydrogen-bond acceptors (Lipinski definition) is 2. The lowest BCUT2D eigenvalue weighted by Crippen LogP contribution is -2.51. The Morgan fingerprint density at radius 3 is 2.70 bits per heavy atom. The molecule has 23 heavy (non-hydrogen) atoms. The van der Waals surface area contributed by atoms with Gasteiger partial charge in [0, 0.05) is 11.5 Å². The lowest BCUT2D eigenvalue weighted by atomic mass is 9.47. The van der Waals surface area contributed by atoms with Crippen LogP contribution < -0.4 is 0 Å². The van der Waals surface area contributed by atoms with E-state index in [0.717, 1.165) is 50.5 Å². The highest BCUT2D eigenvalue weighted by molar-refractivity contribution is 5.80. The number of aldehydes is 1. The number of carbonyl (C=O) groups excluding carboxylic acids is 1. The molecule has 0 aromatic carbocycles. The Bertz CT molecular complexity index is 533. The second-order valence-corrected chi connectivity index (χ2v) is 8.15. The van der Waals surface area contributed by atoms with E-state index in [0.29, 0.717) is 11.8 Å². The highest BCUT2D eigenvalue weighted by Crippen LogP contribution is 2.61. The van der Waals surface area contributed by atoms with Gasteiger partial charge in [-0.1, -0.05) is 38.0 Å². The maximum Gasteiger partial charge on any atom is 0.328 e. The summed E-state index contributed by atoms with van der Waals surface area (Å²) in [7, 11) is 0. The van der Waals surface area contributed by atoms with E-state index in [2.05, 4.69) is 20.4 Å². The van der Waals surface area contributed by atoms with Crippen LogP contribution >= 0.6 is 0 Å². The van der Waals surface area contributed by atoms with Crippen molar-refractivity contribution >= 4 is 12.3 Å². The monoisotopic (exact) mass is 318 g/mol. The molecule has 2 rings (SSSR count). The molecule has 128 valence electrons. The number of aliphatic carboxylic acids is 1. The van der Waals surface area contributed by atoms with Crippen molar-refractivity contribution in [2.45, 2.75) is 65.7 Å². The van der Waals surface area contributed by atoms with E-state index in [9.17, 15) is 9.59 Å². The second-order valence-electron chi connectivity index (χ2n) is 8.15. The largest absolute Gasteiger partial charge is 0.478 e. The van der Waals surface area contributed by atoms with Gasteiger partial charge in [0.15, 0.2) is 0 Å². The summed E-state index contributed by atoms with van der Waals surface area (Å²) in [6.07, 6.45) is 9.52. The highest BCUT2D eigenvalue weighted by Gasteiger charge is 2.54. The van der Waals surface area contributed by atoms with Gasteiger partial charge in [-0.25, -0.2) is 4.79 Å². The van der Waals surface area contributed by atoms with Crippen LogP contribution in [-0.2, 0) is 9.59 Å². The van der Waals surface area contributed by atoms with Crippen molar-refractivity contribution in [1.82, 2.24) is 0 Å². The van der Waals surface area contributed by atoms with E-state index in [4.69, 9.17) is 5.11 Å². The Morgan fingerprint density at radius 1 is 1.39 bits per heavy atom. The van der Waals surface area contributed by atoms with Crippen LogP contribution in [0.1, 0.15) is 65.7 Å². The summed E-state index contributed by atoms with van der Waals surface area (Å²) in [6, 6.07) is 0. The molecule has 3 nitrogen and oxygen atoms in total. The summed E-state index contributed by atoms with van der Waals surface area (Å²) in [5.74, 6) is -0.0706. The fourth-order valence-corrected chi connectivity index (χ4v) is 5.33. The normalized spacial score (nSPS) is 38.0. The molecule has 0 aromatic rings. The lowest BCUT2D eigenvalue weighted by Gasteiger charge is -2.57. The lowest BCUT2D eigenvalue weighted by molar-refractivity contribution is -0.132. The maximum absolute atomic E-state index is 11.8. The van der Waals surface area contributed by atoms with E-state index >= 15 is 0 Å². The number of rotatable bonds is 5. The standard InChI is InChI=1S/C20H30O3/c1-14(12-18(22)23)6-8-16-15(2)7-9-17-19(3,13-21)10-5-11-20(16,17)4/h12-13,16-17H,2,5-11H2,1,3-4H3,(H,22,23)/b14-12+/t16-,17+,19+,20+/m0/s1. The molecule has 0 saturated heterocycles. The van der Waals surface area contributed by atoms with Gasteiger partial charge in [-0.3, -0.25) is 0 Å². The van der Waals surface area contributed by atoms with Crippen molar-refractivity contribution in [2.75, 3.05) is 0 Å². The third-order valence-corrected chi connectivity index (χ3v) is 6.53. The van der Waals surface area contributed by atoms with Crippen LogP contribution in [-0.4, -0.2) is 17.4 Å². The van der Waals surface area contributed by atoms with Crippen LogP contribution in [0.3, 0.4) is 0 Å². The van der Waals surface area contributed by atoms with E-state index < -0.39 is 5.97 Å². The molecule has 0 aromatic heterocycles. The molecule has 0 aliphatic heterocycles. The first-order chi connectivity index (χ1) is 10.7. The smallest absolute Gasteiger partial charge is 0.328 e. The van der Waals surface area contributed by atoms with Gasteiger partial charge in [0.2, 0.25) is 0 Å². The SMILES string of the molecule is C=C1CC[C@H]2[C@](C)(CCC[C@]2(C)C=O)[C@H]1CC/C(C)=C/C(=O)O. The number of carboxylic acids is 1. The molecule has 2 saturated carbocycles. The maximum atomic E-state index is 11.8. The molecule has 4 atom stereocenters. The molecular weight excluding hydrogens is 288 g/mol. The number of carbonyl (C=O) groups is 2. The number of hydrogen-bond donors (Lipinski definition) is 1. The minimum Gasteiger partial charge on any atom is -0.478 e. The first-order valence-electron chi connectivity index (χ1n) is 8.77. The van der Waals surface area contributed by atoms with Crippen LogP contribution in [0.15, 0.2) is 23.8 Å². The quantitative estimate of drug-likeness (QED) is 0.451. The number of allylic oxidation sites excluding steroid dienone is 2. The van der Waals surface area contributed by atoms with Crippen LogP contribution in [0, 0.1) is 22.7 Å². The summed E-state index contributed by atoms with van der Waals surface area (Å²) in [6.45, 7) is 10.7. The highest BCUT2D eigenvalue weighted by atomic mass is 16.4. The molecule has 0 spiro atoms. The first-order valence-corrected chi connectivity index (χ1v) is 8.77. The average molecular weight is 318 g/mol. The molecule has 0 heterocycles. The van der Waals surface area contributed by atoms with Gasteiger partial charge in [-0.05, 0) is 62.7 Å². The van der Waals surface area contributed by atoms with Crippen molar-refractivity contribution in [2.24, 2.45) is 22.7 Å². The van der Waals surface area contributed by atoms with Gasteiger partial charge in [0.25, 0.3) is 0 Å². The van der Waals surface area contributed by atoms with Gasteiger partial charge in [-0.2, -0.15) is 0 Å². The van der Waals surface area contributed by atoms with E-state index in [1.807, 2.05) is 6.92 Å². The van der Waals surface area contributed by atoms with Crippen LogP contribution in [0.25, 0.3) is 0 Å². The molecule has 2 aliphatic carbocycles. The van der Waals surface area contributed by atoms with Gasteiger partial charge in [-0.15, -0.1) is 0 Å². The molecule has 0 unspecified atom stereocenters. The topological polar surface area (TPSA) is 54.4 Å². The Kier molecular flexibility index (Phi) is 5.17. The average Bonchev–Trinajstić information content (AvgIpc) is 2.45. The zero-order valence-corrected chi connectivity index (χ0v) is 14.7. The van der Waals surface area contributed by atoms with Crippen molar-refractivity contribution in [3.8, 4) is 0 Å². The van der Waals surface area contributed by atoms with Crippen LogP contribution in [0.5, 0.6) is 0 Å². The van der Waals surface area contributed by atoms with Crippen molar-refractivity contribution in [1.29, 1.82) is 0 Å². The number of fused-ring (bicyclic) bond motifs is 1. The molecule has 3 heteroatoms. The predicted molar refractivity (Wildman–Crippen MR) is 92.1 cm³/mol. The van der Waals surface area contributed by atoms with E-state index in [1.165, 1.54) is 17.9 Å².